The second kappa shape index (κ2) is 5.33. The molecule has 0 unspecified atom stereocenters. The van der Waals surface area contributed by atoms with Crippen molar-refractivity contribution in [2.24, 2.45) is 0 Å². The quantitative estimate of drug-likeness (QED) is 0.892. The van der Waals surface area contributed by atoms with Gasteiger partial charge < -0.3 is 10.4 Å². The molecule has 4 nitrogen and oxygen atoms in total. The van der Waals surface area contributed by atoms with Crippen molar-refractivity contribution in [2.45, 2.75) is 24.8 Å². The summed E-state index contributed by atoms with van der Waals surface area (Å²) >= 11 is 1.01. The van der Waals surface area contributed by atoms with Crippen molar-refractivity contribution in [3.05, 3.63) is 57.8 Å². The van der Waals surface area contributed by atoms with Crippen molar-refractivity contribution >= 4 is 23.2 Å². The molecule has 0 radical (unpaired) electrons. The van der Waals surface area contributed by atoms with E-state index in [1.807, 2.05) is 18.2 Å². The number of hydrogen-bond donors (Lipinski definition) is 2. The molecule has 0 bridgehead atoms. The van der Waals surface area contributed by atoms with Crippen LogP contribution in [0.25, 0.3) is 0 Å². The molecule has 0 aliphatic heterocycles. The molecule has 0 saturated heterocycles. The molecule has 1 fully saturated rings. The molecule has 1 aliphatic rings. The van der Waals surface area contributed by atoms with Gasteiger partial charge >= 0.3 is 5.97 Å². The average molecular weight is 301 g/mol. The van der Waals surface area contributed by atoms with Gasteiger partial charge in [0.15, 0.2) is 0 Å². The Morgan fingerprint density at radius 3 is 2.33 bits per heavy atom. The second-order valence-corrected chi connectivity index (χ2v) is 6.45. The van der Waals surface area contributed by atoms with Gasteiger partial charge in [0.25, 0.3) is 5.91 Å². The number of nitrogens with one attached hydrogen (secondary N) is 1. The third-order valence-electron chi connectivity index (χ3n) is 3.66. The number of carbonyl (C=O) groups is 2. The van der Waals surface area contributed by atoms with Crippen LogP contribution >= 0.6 is 11.3 Å². The van der Waals surface area contributed by atoms with E-state index in [1.54, 1.807) is 6.07 Å². The molecule has 1 saturated carbocycles. The van der Waals surface area contributed by atoms with E-state index >= 15 is 0 Å². The van der Waals surface area contributed by atoms with Gasteiger partial charge in [-0.3, -0.25) is 4.79 Å². The summed E-state index contributed by atoms with van der Waals surface area (Å²) in [7, 11) is 0. The first-order chi connectivity index (χ1) is 10.1. The highest BCUT2D eigenvalue weighted by atomic mass is 32.1. The number of thiophene rings is 1. The highest BCUT2D eigenvalue weighted by Crippen LogP contribution is 2.39. The van der Waals surface area contributed by atoms with E-state index in [0.29, 0.717) is 4.88 Å². The van der Waals surface area contributed by atoms with Gasteiger partial charge in [0.2, 0.25) is 0 Å². The Bertz CT molecular complexity index is 674. The van der Waals surface area contributed by atoms with Crippen LogP contribution in [-0.2, 0) is 6.42 Å². The third kappa shape index (κ3) is 3.13. The topological polar surface area (TPSA) is 66.4 Å². The summed E-state index contributed by atoms with van der Waals surface area (Å²) in [6, 6.07) is 13.1. The predicted molar refractivity (Wildman–Crippen MR) is 80.9 cm³/mol. The maximum Gasteiger partial charge on any atom is 0.345 e. The molecule has 1 amide bonds. The Labute approximate surface area is 126 Å². The normalized spacial score (nSPS) is 15.4. The summed E-state index contributed by atoms with van der Waals surface area (Å²) < 4.78 is 0. The lowest BCUT2D eigenvalue weighted by molar-refractivity contribution is 0.0702. The lowest BCUT2D eigenvalue weighted by Crippen LogP contribution is -2.38. The van der Waals surface area contributed by atoms with Crippen LogP contribution in [0.5, 0.6) is 0 Å². The van der Waals surface area contributed by atoms with Gasteiger partial charge in [-0.25, -0.2) is 4.79 Å². The van der Waals surface area contributed by atoms with Crippen LogP contribution in [0, 0.1) is 0 Å². The van der Waals surface area contributed by atoms with Crippen molar-refractivity contribution < 1.29 is 14.7 Å². The lowest BCUT2D eigenvalue weighted by Gasteiger charge is -2.17. The first kappa shape index (κ1) is 13.8. The number of carboxylic acid groups (broad SMARTS) is 1. The van der Waals surface area contributed by atoms with Gasteiger partial charge in [0, 0.05) is 5.54 Å². The van der Waals surface area contributed by atoms with E-state index in [1.165, 1.54) is 11.6 Å². The van der Waals surface area contributed by atoms with E-state index in [2.05, 4.69) is 17.4 Å². The molecule has 1 aromatic heterocycles. The van der Waals surface area contributed by atoms with E-state index in [9.17, 15) is 9.59 Å². The highest BCUT2D eigenvalue weighted by Gasteiger charge is 2.44. The molecule has 5 heteroatoms. The van der Waals surface area contributed by atoms with Crippen LogP contribution in [-0.4, -0.2) is 22.5 Å². The van der Waals surface area contributed by atoms with Crippen LogP contribution in [0.1, 0.15) is 37.7 Å². The molecule has 2 N–H and O–H groups in total. The van der Waals surface area contributed by atoms with Crippen molar-refractivity contribution in [2.75, 3.05) is 0 Å². The second-order valence-electron chi connectivity index (χ2n) is 5.37. The standard InChI is InChI=1S/C16H15NO3S/c18-14(12-6-7-13(21-12)15(19)20)17-16(8-9-16)10-11-4-2-1-3-5-11/h1-7H,8-10H2,(H,17,18)(H,19,20). The smallest absolute Gasteiger partial charge is 0.345 e. The molecule has 0 atom stereocenters. The Hall–Kier alpha value is -2.14. The molecule has 2 aromatic rings. The van der Waals surface area contributed by atoms with Gasteiger partial charge in [-0.05, 0) is 37.0 Å². The third-order valence-corrected chi connectivity index (χ3v) is 4.73. The molecule has 1 aromatic carbocycles. The predicted octanol–water partition coefficient (Wildman–Crippen LogP) is 2.95. The molecule has 3 rings (SSSR count). The molecule has 1 heterocycles. The van der Waals surface area contributed by atoms with Crippen molar-refractivity contribution in [1.29, 1.82) is 0 Å². The minimum absolute atomic E-state index is 0.161. The largest absolute Gasteiger partial charge is 0.477 e. The molecule has 0 spiro atoms. The van der Waals surface area contributed by atoms with Crippen molar-refractivity contribution in [1.82, 2.24) is 5.32 Å². The number of benzene rings is 1. The van der Waals surface area contributed by atoms with Crippen LogP contribution < -0.4 is 5.32 Å². The summed E-state index contributed by atoms with van der Waals surface area (Å²) in [5.41, 5.74) is 1.04. The summed E-state index contributed by atoms with van der Waals surface area (Å²) in [6.45, 7) is 0. The van der Waals surface area contributed by atoms with E-state index in [4.69, 9.17) is 5.11 Å². The summed E-state index contributed by atoms with van der Waals surface area (Å²) in [5, 5.41) is 12.0. The zero-order chi connectivity index (χ0) is 14.9. The number of hydrogen-bond acceptors (Lipinski definition) is 3. The van der Waals surface area contributed by atoms with Gasteiger partial charge in [0.1, 0.15) is 4.88 Å². The molecular formula is C16H15NO3S. The summed E-state index contributed by atoms with van der Waals surface area (Å²) in [4.78, 5) is 23.7. The van der Waals surface area contributed by atoms with Crippen LogP contribution in [0.3, 0.4) is 0 Å². The maximum absolute atomic E-state index is 12.2. The number of carbonyl (C=O) groups excluding carboxylic acids is 1. The molecule has 1 aliphatic carbocycles. The zero-order valence-corrected chi connectivity index (χ0v) is 12.2. The molecule has 21 heavy (non-hydrogen) atoms. The van der Waals surface area contributed by atoms with E-state index in [-0.39, 0.29) is 16.3 Å². The number of carboxylic acids is 1. The first-order valence-corrected chi connectivity index (χ1v) is 7.59. The highest BCUT2D eigenvalue weighted by molar-refractivity contribution is 7.15. The van der Waals surface area contributed by atoms with E-state index in [0.717, 1.165) is 30.6 Å². The molecule has 108 valence electrons. The van der Waals surface area contributed by atoms with E-state index < -0.39 is 5.97 Å². The number of aromatic carboxylic acids is 1. The number of amides is 1. The zero-order valence-electron chi connectivity index (χ0n) is 11.3. The van der Waals surface area contributed by atoms with Gasteiger partial charge in [-0.2, -0.15) is 0 Å². The Morgan fingerprint density at radius 1 is 1.10 bits per heavy atom. The fourth-order valence-corrected chi connectivity index (χ4v) is 3.10. The van der Waals surface area contributed by atoms with Crippen LogP contribution in [0.2, 0.25) is 0 Å². The summed E-state index contributed by atoms with van der Waals surface area (Å²) in [6.07, 6.45) is 2.74. The van der Waals surface area contributed by atoms with Crippen molar-refractivity contribution in [3.63, 3.8) is 0 Å². The Kier molecular flexibility index (Phi) is 3.51. The minimum Gasteiger partial charge on any atom is -0.477 e. The number of rotatable bonds is 5. The monoisotopic (exact) mass is 301 g/mol. The maximum atomic E-state index is 12.2. The van der Waals surface area contributed by atoms with Gasteiger partial charge in [-0.15, -0.1) is 11.3 Å². The average Bonchev–Trinajstić information content (AvgIpc) is 3.03. The van der Waals surface area contributed by atoms with Gasteiger partial charge in [0.05, 0.1) is 4.88 Å². The SMILES string of the molecule is O=C(O)c1ccc(C(=O)NC2(Cc3ccccc3)CC2)s1. The Balaban J connectivity index is 1.68. The fourth-order valence-electron chi connectivity index (χ4n) is 2.36. The fraction of sp³-hybridized carbons (Fsp3) is 0.250. The van der Waals surface area contributed by atoms with Gasteiger partial charge in [-0.1, -0.05) is 30.3 Å². The minimum atomic E-state index is -0.996. The van der Waals surface area contributed by atoms with Crippen LogP contribution in [0.4, 0.5) is 0 Å². The first-order valence-electron chi connectivity index (χ1n) is 6.78. The summed E-state index contributed by atoms with van der Waals surface area (Å²) in [5.74, 6) is -1.18. The Morgan fingerprint density at radius 2 is 1.76 bits per heavy atom. The molecular weight excluding hydrogens is 286 g/mol. The van der Waals surface area contributed by atoms with Crippen LogP contribution in [0.15, 0.2) is 42.5 Å². The lowest BCUT2D eigenvalue weighted by atomic mass is 10.0. The van der Waals surface area contributed by atoms with Crippen molar-refractivity contribution in [3.8, 4) is 0 Å².